The van der Waals surface area contributed by atoms with Gasteiger partial charge in [0, 0.05) is 24.5 Å². The largest absolute Gasteiger partial charge is 0.496 e. The maximum Gasteiger partial charge on any atom is 0.328 e. The summed E-state index contributed by atoms with van der Waals surface area (Å²) in [7, 11) is 1.62. The van der Waals surface area contributed by atoms with Gasteiger partial charge in [0.2, 0.25) is 0 Å². The molecule has 0 saturated carbocycles. The van der Waals surface area contributed by atoms with Crippen LogP contribution in [0.3, 0.4) is 0 Å². The number of nitrogens with one attached hydrogen (secondary N) is 1. The van der Waals surface area contributed by atoms with Gasteiger partial charge >= 0.3 is 5.69 Å². The van der Waals surface area contributed by atoms with Crippen LogP contribution in [0.4, 0.5) is 0 Å². The van der Waals surface area contributed by atoms with E-state index in [9.17, 15) is 4.79 Å². The average Bonchev–Trinajstić information content (AvgIpc) is 3.01. The van der Waals surface area contributed by atoms with Crippen molar-refractivity contribution in [2.75, 3.05) is 7.11 Å². The first-order chi connectivity index (χ1) is 12.8. The Bertz CT molecular complexity index is 1100. The molecule has 1 N–H and O–H groups in total. The molecule has 0 spiro atoms. The fourth-order valence-corrected chi connectivity index (χ4v) is 2.90. The van der Waals surface area contributed by atoms with Crippen molar-refractivity contribution in [1.82, 2.24) is 24.5 Å². The molecule has 3 aromatic heterocycles. The molecule has 130 valence electrons. The lowest BCUT2D eigenvalue weighted by Gasteiger charge is -2.08. The Hall–Kier alpha value is -3.48. The van der Waals surface area contributed by atoms with Crippen molar-refractivity contribution < 1.29 is 4.74 Å². The van der Waals surface area contributed by atoms with E-state index in [2.05, 4.69) is 19.9 Å². The standard InChI is InChI=1S/C19H17N5O2/c1-26-16-7-3-2-6-14(16)15-12-21-17-18(22-15)24(19(25)23-17)10-8-13-5-4-9-20-11-13/h2-7,9,11-12H,8,10H2,1H3,(H,21,23,25). The number of hydrogen-bond donors (Lipinski definition) is 1. The Labute approximate surface area is 149 Å². The van der Waals surface area contributed by atoms with Crippen molar-refractivity contribution in [3.63, 3.8) is 0 Å². The molecular formula is C19H17N5O2. The van der Waals surface area contributed by atoms with E-state index in [4.69, 9.17) is 4.74 Å². The highest BCUT2D eigenvalue weighted by Crippen LogP contribution is 2.28. The lowest BCUT2D eigenvalue weighted by Crippen LogP contribution is -2.18. The van der Waals surface area contributed by atoms with Gasteiger partial charge in [-0.15, -0.1) is 0 Å². The summed E-state index contributed by atoms with van der Waals surface area (Å²) in [6, 6.07) is 11.5. The van der Waals surface area contributed by atoms with Crippen LogP contribution in [0.25, 0.3) is 22.6 Å². The molecule has 0 radical (unpaired) electrons. The Morgan fingerprint density at radius 2 is 2.04 bits per heavy atom. The zero-order valence-electron chi connectivity index (χ0n) is 14.2. The summed E-state index contributed by atoms with van der Waals surface area (Å²) in [6.45, 7) is 0.495. The molecule has 7 heteroatoms. The van der Waals surface area contributed by atoms with Crippen LogP contribution < -0.4 is 10.4 Å². The van der Waals surface area contributed by atoms with Gasteiger partial charge in [0.1, 0.15) is 5.75 Å². The quantitative estimate of drug-likeness (QED) is 0.599. The summed E-state index contributed by atoms with van der Waals surface area (Å²) in [6.07, 6.45) is 5.85. The molecule has 4 rings (SSSR count). The van der Waals surface area contributed by atoms with Crippen LogP contribution in [0, 0.1) is 0 Å². The Kier molecular flexibility index (Phi) is 4.18. The number of pyridine rings is 1. The second-order valence-corrected chi connectivity index (χ2v) is 5.82. The zero-order chi connectivity index (χ0) is 17.9. The molecule has 0 saturated heterocycles. The molecular weight excluding hydrogens is 330 g/mol. The molecule has 0 aliphatic heterocycles. The first kappa shape index (κ1) is 16.0. The highest BCUT2D eigenvalue weighted by atomic mass is 16.5. The number of methoxy groups -OCH3 is 1. The number of para-hydroxylation sites is 1. The summed E-state index contributed by atoms with van der Waals surface area (Å²) in [5.41, 5.74) is 3.33. The van der Waals surface area contributed by atoms with Gasteiger partial charge in [-0.25, -0.2) is 14.8 Å². The first-order valence-electron chi connectivity index (χ1n) is 8.24. The maximum atomic E-state index is 12.3. The maximum absolute atomic E-state index is 12.3. The van der Waals surface area contributed by atoms with E-state index >= 15 is 0 Å². The van der Waals surface area contributed by atoms with Crippen molar-refractivity contribution in [2.24, 2.45) is 0 Å². The number of benzene rings is 1. The Morgan fingerprint density at radius 3 is 2.85 bits per heavy atom. The third-order valence-corrected chi connectivity index (χ3v) is 4.21. The Morgan fingerprint density at radius 1 is 1.15 bits per heavy atom. The SMILES string of the molecule is COc1ccccc1-c1cnc2[nH]c(=O)n(CCc3cccnc3)c2n1. The number of hydrogen-bond acceptors (Lipinski definition) is 5. The van der Waals surface area contributed by atoms with Crippen LogP contribution in [0.1, 0.15) is 5.56 Å². The zero-order valence-corrected chi connectivity index (χ0v) is 14.2. The van der Waals surface area contributed by atoms with Crippen molar-refractivity contribution in [3.8, 4) is 17.0 Å². The van der Waals surface area contributed by atoms with Crippen LogP contribution >= 0.6 is 0 Å². The van der Waals surface area contributed by atoms with Crippen molar-refractivity contribution in [1.29, 1.82) is 0 Å². The van der Waals surface area contributed by atoms with E-state index in [1.54, 1.807) is 30.3 Å². The highest BCUT2D eigenvalue weighted by Gasteiger charge is 2.13. The van der Waals surface area contributed by atoms with Gasteiger partial charge in [0.25, 0.3) is 0 Å². The molecule has 0 bridgehead atoms. The number of ether oxygens (including phenoxy) is 1. The van der Waals surface area contributed by atoms with Gasteiger partial charge < -0.3 is 4.74 Å². The van der Waals surface area contributed by atoms with E-state index < -0.39 is 0 Å². The number of aryl methyl sites for hydroxylation is 2. The molecule has 0 atom stereocenters. The predicted molar refractivity (Wildman–Crippen MR) is 98.1 cm³/mol. The number of rotatable bonds is 5. The number of aromatic nitrogens is 5. The van der Waals surface area contributed by atoms with E-state index in [0.717, 1.165) is 11.1 Å². The van der Waals surface area contributed by atoms with Crippen LogP contribution in [-0.2, 0) is 13.0 Å². The van der Waals surface area contributed by atoms with Gasteiger partial charge in [-0.05, 0) is 30.2 Å². The molecule has 3 heterocycles. The first-order valence-corrected chi connectivity index (χ1v) is 8.24. The van der Waals surface area contributed by atoms with E-state index in [1.165, 1.54) is 0 Å². The van der Waals surface area contributed by atoms with Gasteiger partial charge in [0.05, 0.1) is 19.0 Å². The van der Waals surface area contributed by atoms with Gasteiger partial charge in [-0.2, -0.15) is 0 Å². The highest BCUT2D eigenvalue weighted by molar-refractivity contribution is 5.73. The minimum atomic E-state index is -0.221. The smallest absolute Gasteiger partial charge is 0.328 e. The predicted octanol–water partition coefficient (Wildman–Crippen LogP) is 2.43. The topological polar surface area (TPSA) is 85.7 Å². The summed E-state index contributed by atoms with van der Waals surface area (Å²) in [5.74, 6) is 0.709. The average molecular weight is 347 g/mol. The van der Waals surface area contributed by atoms with E-state index in [0.29, 0.717) is 35.7 Å². The molecule has 0 fully saturated rings. The molecule has 0 unspecified atom stereocenters. The van der Waals surface area contributed by atoms with Crippen LogP contribution in [0.2, 0.25) is 0 Å². The van der Waals surface area contributed by atoms with E-state index in [1.807, 2.05) is 36.4 Å². The summed E-state index contributed by atoms with van der Waals surface area (Å²) < 4.78 is 7.01. The fraction of sp³-hybridized carbons (Fsp3) is 0.158. The number of nitrogens with zero attached hydrogens (tertiary/aromatic N) is 4. The van der Waals surface area contributed by atoms with Crippen LogP contribution in [0.15, 0.2) is 59.8 Å². The van der Waals surface area contributed by atoms with Crippen LogP contribution in [-0.4, -0.2) is 31.6 Å². The molecule has 7 nitrogen and oxygen atoms in total. The number of aromatic amines is 1. The second-order valence-electron chi connectivity index (χ2n) is 5.82. The molecule has 0 aliphatic rings. The summed E-state index contributed by atoms with van der Waals surface area (Å²) in [5, 5.41) is 0. The van der Waals surface area contributed by atoms with Crippen molar-refractivity contribution in [2.45, 2.75) is 13.0 Å². The minimum absolute atomic E-state index is 0.221. The summed E-state index contributed by atoms with van der Waals surface area (Å²) in [4.78, 5) is 28.2. The lowest BCUT2D eigenvalue weighted by atomic mass is 10.1. The van der Waals surface area contributed by atoms with E-state index in [-0.39, 0.29) is 5.69 Å². The molecule has 26 heavy (non-hydrogen) atoms. The Balaban J connectivity index is 1.74. The minimum Gasteiger partial charge on any atom is -0.496 e. The lowest BCUT2D eigenvalue weighted by molar-refractivity contribution is 0.416. The van der Waals surface area contributed by atoms with Crippen molar-refractivity contribution in [3.05, 3.63) is 71.0 Å². The second kappa shape index (κ2) is 6.79. The number of imidazole rings is 1. The molecule has 0 amide bonds. The third-order valence-electron chi connectivity index (χ3n) is 4.21. The summed E-state index contributed by atoms with van der Waals surface area (Å²) >= 11 is 0. The van der Waals surface area contributed by atoms with Gasteiger partial charge in [0.15, 0.2) is 11.3 Å². The monoisotopic (exact) mass is 347 g/mol. The number of fused-ring (bicyclic) bond motifs is 1. The number of H-pyrrole nitrogens is 1. The fourth-order valence-electron chi connectivity index (χ4n) is 2.90. The van der Waals surface area contributed by atoms with Crippen LogP contribution in [0.5, 0.6) is 5.75 Å². The molecule has 1 aromatic carbocycles. The normalized spacial score (nSPS) is 11.0. The van der Waals surface area contributed by atoms with Crippen molar-refractivity contribution >= 4 is 11.3 Å². The third kappa shape index (κ3) is 2.95. The van der Waals surface area contributed by atoms with Gasteiger partial charge in [-0.3, -0.25) is 14.5 Å². The molecule has 0 aliphatic carbocycles. The molecule has 4 aromatic rings. The van der Waals surface area contributed by atoms with Gasteiger partial charge in [-0.1, -0.05) is 18.2 Å².